The maximum atomic E-state index is 13.1. The van der Waals surface area contributed by atoms with Crippen LogP contribution in [0, 0.1) is 0 Å². The zero-order valence-corrected chi connectivity index (χ0v) is 30.2. The zero-order valence-electron chi connectivity index (χ0n) is 28.6. The predicted molar refractivity (Wildman–Crippen MR) is 203 cm³/mol. The summed E-state index contributed by atoms with van der Waals surface area (Å²) in [5.41, 5.74) is 5.10. The Labute approximate surface area is 318 Å². The third-order valence-corrected chi connectivity index (χ3v) is 9.60. The number of rotatable bonds is 12. The molecule has 1 aliphatic rings. The SMILES string of the molecule is O=C(CN1CCN(Cc2csc(-c3ccc(NC(=O)Nc4ccc(Cl)c(C(F)(F)F)c4)cc3)n2)CC1)N/N=C/c1cc(OCc2ccccc2)ccc1O. The van der Waals surface area contributed by atoms with Gasteiger partial charge in [-0.25, -0.2) is 15.2 Å². The molecule has 3 amide bonds. The molecule has 16 heteroatoms. The number of aromatic hydroxyl groups is 1. The average Bonchev–Trinajstić information content (AvgIpc) is 3.62. The molecule has 0 unspecified atom stereocenters. The molecule has 1 fully saturated rings. The van der Waals surface area contributed by atoms with Crippen LogP contribution in [-0.4, -0.2) is 70.8 Å². The highest BCUT2D eigenvalue weighted by Crippen LogP contribution is 2.36. The number of hydrogen-bond donors (Lipinski definition) is 4. The summed E-state index contributed by atoms with van der Waals surface area (Å²) in [6, 6.07) is 24.0. The number of hydrazone groups is 1. The van der Waals surface area contributed by atoms with E-state index in [1.54, 1.807) is 36.4 Å². The first-order chi connectivity index (χ1) is 26.0. The molecule has 54 heavy (non-hydrogen) atoms. The van der Waals surface area contributed by atoms with Gasteiger partial charge in [-0.05, 0) is 66.2 Å². The third-order valence-electron chi connectivity index (χ3n) is 8.33. The van der Waals surface area contributed by atoms with E-state index in [9.17, 15) is 27.9 Å². The number of nitrogens with one attached hydrogen (secondary N) is 3. The van der Waals surface area contributed by atoms with Gasteiger partial charge in [0, 0.05) is 60.6 Å². The summed E-state index contributed by atoms with van der Waals surface area (Å²) >= 11 is 7.15. The number of piperazine rings is 1. The summed E-state index contributed by atoms with van der Waals surface area (Å²) in [5, 5.41) is 21.6. The second kappa shape index (κ2) is 17.6. The van der Waals surface area contributed by atoms with Crippen molar-refractivity contribution in [3.63, 3.8) is 0 Å². The standard InChI is InChI=1S/C38H35ClF3N7O4S/c39-33-12-10-29(19-32(33)38(40,41)42)46-37(52)45-28-8-6-26(7-9-28)36-44-30(24-54-36)21-48-14-16-49(17-15-48)22-35(51)47-43-20-27-18-31(11-13-34(27)50)53-23-25-4-2-1-3-5-25/h1-13,18-20,24,50H,14-17,21-23H2,(H,47,51)(H2,45,46,52)/b43-20+. The molecule has 11 nitrogen and oxygen atoms in total. The molecule has 1 saturated heterocycles. The Morgan fingerprint density at radius 1 is 0.926 bits per heavy atom. The quantitative estimate of drug-likeness (QED) is 0.0756. The summed E-state index contributed by atoms with van der Waals surface area (Å²) in [4.78, 5) is 34.1. The number of carbonyl (C=O) groups excluding carboxylic acids is 2. The Kier molecular flexibility index (Phi) is 12.4. The largest absolute Gasteiger partial charge is 0.507 e. The maximum Gasteiger partial charge on any atom is 0.417 e. The number of anilines is 2. The van der Waals surface area contributed by atoms with E-state index in [4.69, 9.17) is 21.3 Å². The molecule has 1 aliphatic heterocycles. The van der Waals surface area contributed by atoms with Crippen molar-refractivity contribution < 1.29 is 32.6 Å². The molecule has 0 radical (unpaired) electrons. The molecule has 4 N–H and O–H groups in total. The van der Waals surface area contributed by atoms with Gasteiger partial charge in [-0.3, -0.25) is 14.6 Å². The number of halogens is 4. The molecule has 0 spiro atoms. The molecule has 0 atom stereocenters. The highest BCUT2D eigenvalue weighted by molar-refractivity contribution is 7.13. The monoisotopic (exact) mass is 777 g/mol. The Bertz CT molecular complexity index is 2090. The molecule has 1 aromatic heterocycles. The molecule has 280 valence electrons. The fraction of sp³-hybridized carbons (Fsp3) is 0.211. The first-order valence-corrected chi connectivity index (χ1v) is 18.0. The number of phenols is 1. The number of ether oxygens (including phenoxy) is 1. The molecule has 4 aromatic carbocycles. The van der Waals surface area contributed by atoms with Gasteiger partial charge in [0.05, 0.1) is 29.0 Å². The number of phenolic OH excluding ortho intramolecular Hbond substituents is 1. The maximum absolute atomic E-state index is 13.1. The zero-order chi connectivity index (χ0) is 38.1. The Hall–Kier alpha value is -5.48. The number of alkyl halides is 3. The summed E-state index contributed by atoms with van der Waals surface area (Å²) in [6.07, 6.45) is -3.26. The molecular formula is C38H35ClF3N7O4S. The van der Waals surface area contributed by atoms with Crippen LogP contribution in [0.1, 0.15) is 22.4 Å². The van der Waals surface area contributed by atoms with Gasteiger partial charge in [-0.15, -0.1) is 11.3 Å². The van der Waals surface area contributed by atoms with Crippen molar-refractivity contribution in [3.05, 3.63) is 124 Å². The fourth-order valence-corrected chi connectivity index (χ4v) is 6.58. The molecule has 0 saturated carbocycles. The van der Waals surface area contributed by atoms with Crippen molar-refractivity contribution in [1.82, 2.24) is 20.2 Å². The Morgan fingerprint density at radius 2 is 1.63 bits per heavy atom. The van der Waals surface area contributed by atoms with Crippen LogP contribution < -0.4 is 20.8 Å². The lowest BCUT2D eigenvalue weighted by molar-refractivity contribution is -0.137. The molecule has 0 aliphatic carbocycles. The molecule has 0 bridgehead atoms. The van der Waals surface area contributed by atoms with Crippen LogP contribution in [-0.2, 0) is 24.1 Å². The van der Waals surface area contributed by atoms with Gasteiger partial charge in [0.25, 0.3) is 5.91 Å². The van der Waals surface area contributed by atoms with E-state index < -0.39 is 22.8 Å². The minimum atomic E-state index is -4.65. The average molecular weight is 778 g/mol. The van der Waals surface area contributed by atoms with Crippen molar-refractivity contribution in [2.24, 2.45) is 5.10 Å². The number of hydrogen-bond acceptors (Lipinski definition) is 9. The molecular weight excluding hydrogens is 743 g/mol. The molecule has 5 aromatic rings. The number of nitrogens with zero attached hydrogens (tertiary/aromatic N) is 4. The van der Waals surface area contributed by atoms with Gasteiger partial charge in [0.1, 0.15) is 23.1 Å². The van der Waals surface area contributed by atoms with Gasteiger partial charge in [0.15, 0.2) is 0 Å². The van der Waals surface area contributed by atoms with E-state index in [1.807, 2.05) is 35.7 Å². The predicted octanol–water partition coefficient (Wildman–Crippen LogP) is 7.68. The van der Waals surface area contributed by atoms with Gasteiger partial charge < -0.3 is 20.5 Å². The van der Waals surface area contributed by atoms with Crippen LogP contribution in [0.3, 0.4) is 0 Å². The highest BCUT2D eigenvalue weighted by atomic mass is 35.5. The van der Waals surface area contributed by atoms with Crippen molar-refractivity contribution >= 4 is 52.5 Å². The lowest BCUT2D eigenvalue weighted by Gasteiger charge is -2.33. The van der Waals surface area contributed by atoms with Crippen LogP contribution in [0.5, 0.6) is 11.5 Å². The van der Waals surface area contributed by atoms with Gasteiger partial charge in [0.2, 0.25) is 0 Å². The topological polar surface area (TPSA) is 131 Å². The number of thiazole rings is 1. The van der Waals surface area contributed by atoms with Crippen LogP contribution >= 0.6 is 22.9 Å². The summed E-state index contributed by atoms with van der Waals surface area (Å²) in [6.45, 7) is 4.11. The number of benzene rings is 4. The van der Waals surface area contributed by atoms with Crippen LogP contribution in [0.4, 0.5) is 29.3 Å². The fourth-order valence-electron chi connectivity index (χ4n) is 5.54. The second-order valence-electron chi connectivity index (χ2n) is 12.3. The van der Waals surface area contributed by atoms with E-state index in [0.717, 1.165) is 47.1 Å². The van der Waals surface area contributed by atoms with E-state index in [2.05, 4.69) is 31.0 Å². The number of carbonyl (C=O) groups is 2. The Balaban J connectivity index is 0.914. The summed E-state index contributed by atoms with van der Waals surface area (Å²) in [7, 11) is 0. The number of urea groups is 1. The summed E-state index contributed by atoms with van der Waals surface area (Å²) in [5.74, 6) is 0.323. The first kappa shape index (κ1) is 38.3. The van der Waals surface area contributed by atoms with Crippen molar-refractivity contribution in [3.8, 4) is 22.1 Å². The molecule has 6 rings (SSSR count). The first-order valence-electron chi connectivity index (χ1n) is 16.7. The smallest absolute Gasteiger partial charge is 0.417 e. The minimum Gasteiger partial charge on any atom is -0.507 e. The van der Waals surface area contributed by atoms with E-state index in [1.165, 1.54) is 29.7 Å². The van der Waals surface area contributed by atoms with Crippen LogP contribution in [0.25, 0.3) is 10.6 Å². The Morgan fingerprint density at radius 3 is 2.37 bits per heavy atom. The molecule has 2 heterocycles. The second-order valence-corrected chi connectivity index (χ2v) is 13.6. The van der Waals surface area contributed by atoms with Crippen molar-refractivity contribution in [2.45, 2.75) is 19.3 Å². The van der Waals surface area contributed by atoms with Crippen molar-refractivity contribution in [1.29, 1.82) is 0 Å². The van der Waals surface area contributed by atoms with Gasteiger partial charge in [-0.2, -0.15) is 18.3 Å². The number of amides is 3. The van der Waals surface area contributed by atoms with Crippen LogP contribution in [0.2, 0.25) is 5.02 Å². The van der Waals surface area contributed by atoms with E-state index >= 15 is 0 Å². The lowest BCUT2D eigenvalue weighted by atomic mass is 10.2. The lowest BCUT2D eigenvalue weighted by Crippen LogP contribution is -2.48. The third kappa shape index (κ3) is 10.8. The van der Waals surface area contributed by atoms with Crippen LogP contribution in [0.15, 0.2) is 101 Å². The van der Waals surface area contributed by atoms with E-state index in [0.29, 0.717) is 43.2 Å². The van der Waals surface area contributed by atoms with Gasteiger partial charge in [-0.1, -0.05) is 41.9 Å². The van der Waals surface area contributed by atoms with Crippen molar-refractivity contribution in [2.75, 3.05) is 43.4 Å². The normalized spacial score (nSPS) is 13.9. The number of aromatic nitrogens is 1. The highest BCUT2D eigenvalue weighted by Gasteiger charge is 2.33. The minimum absolute atomic E-state index is 0.0178. The summed E-state index contributed by atoms with van der Waals surface area (Å²) < 4.78 is 45.3. The van der Waals surface area contributed by atoms with Gasteiger partial charge >= 0.3 is 12.2 Å². The van der Waals surface area contributed by atoms with E-state index in [-0.39, 0.29) is 23.9 Å².